The Morgan fingerprint density at radius 2 is 1.50 bits per heavy atom. The van der Waals surface area contributed by atoms with E-state index in [0.717, 1.165) is 23.6 Å². The minimum Gasteiger partial charge on any atom is -0.355 e. The topological polar surface area (TPSA) is 58.2 Å². The first kappa shape index (κ1) is 17.7. The highest BCUT2D eigenvalue weighted by Crippen LogP contribution is 2.15. The zero-order valence-electron chi connectivity index (χ0n) is 14.6. The summed E-state index contributed by atoms with van der Waals surface area (Å²) in [6.07, 6.45) is 1.79. The summed E-state index contributed by atoms with van der Waals surface area (Å²) >= 11 is 0. The largest absolute Gasteiger partial charge is 0.355 e. The highest BCUT2D eigenvalue weighted by atomic mass is 16.2. The van der Waals surface area contributed by atoms with Crippen molar-refractivity contribution in [1.29, 1.82) is 0 Å². The second-order valence-electron chi connectivity index (χ2n) is 6.18. The number of aryl methyl sites for hydroxylation is 1. The molecule has 2 N–H and O–H groups in total. The monoisotopic (exact) mass is 346 g/mol. The van der Waals surface area contributed by atoms with Crippen LogP contribution in [-0.4, -0.2) is 24.9 Å². The van der Waals surface area contributed by atoms with E-state index in [2.05, 4.69) is 22.8 Å². The summed E-state index contributed by atoms with van der Waals surface area (Å²) in [5.74, 6) is -0.414. The fourth-order valence-corrected chi connectivity index (χ4v) is 2.82. The molecule has 132 valence electrons. The van der Waals surface area contributed by atoms with Crippen LogP contribution in [0.25, 0.3) is 10.8 Å². The summed E-state index contributed by atoms with van der Waals surface area (Å²) in [5.41, 5.74) is 1.81. The molecular formula is C22H22N2O2. The van der Waals surface area contributed by atoms with Crippen LogP contribution >= 0.6 is 0 Å². The van der Waals surface area contributed by atoms with Crippen molar-refractivity contribution >= 4 is 22.6 Å². The molecule has 0 heterocycles. The molecule has 0 spiro atoms. The molecule has 0 aliphatic heterocycles. The van der Waals surface area contributed by atoms with Crippen LogP contribution in [0.1, 0.15) is 22.3 Å². The maximum absolute atomic E-state index is 12.2. The summed E-state index contributed by atoms with van der Waals surface area (Å²) in [6.45, 7) is 0.580. The third-order valence-electron chi connectivity index (χ3n) is 4.23. The predicted molar refractivity (Wildman–Crippen MR) is 104 cm³/mol. The molecule has 2 amide bonds. The van der Waals surface area contributed by atoms with Crippen LogP contribution in [0.2, 0.25) is 0 Å². The minimum absolute atomic E-state index is 0.0169. The molecule has 3 aromatic carbocycles. The molecule has 0 radical (unpaired) electrons. The highest BCUT2D eigenvalue weighted by molar-refractivity contribution is 5.99. The second-order valence-corrected chi connectivity index (χ2v) is 6.18. The first-order valence-corrected chi connectivity index (χ1v) is 8.80. The van der Waals surface area contributed by atoms with Gasteiger partial charge in [-0.25, -0.2) is 0 Å². The van der Waals surface area contributed by atoms with Crippen molar-refractivity contribution in [3.63, 3.8) is 0 Å². The molecule has 0 aromatic heterocycles. The van der Waals surface area contributed by atoms with Gasteiger partial charge in [0.05, 0.1) is 6.54 Å². The van der Waals surface area contributed by atoms with Gasteiger partial charge >= 0.3 is 0 Å². The fraction of sp³-hybridized carbons (Fsp3) is 0.182. The molecule has 0 bridgehead atoms. The quantitative estimate of drug-likeness (QED) is 0.645. The number of hydrogen-bond acceptors (Lipinski definition) is 2. The van der Waals surface area contributed by atoms with E-state index in [9.17, 15) is 9.59 Å². The van der Waals surface area contributed by atoms with Crippen molar-refractivity contribution in [1.82, 2.24) is 10.6 Å². The SMILES string of the molecule is O=C(CNC(=O)c1ccc2ccccc2c1)NCCCc1ccccc1. The van der Waals surface area contributed by atoms with E-state index < -0.39 is 0 Å². The Hall–Kier alpha value is -3.14. The van der Waals surface area contributed by atoms with Gasteiger partial charge in [-0.3, -0.25) is 9.59 Å². The zero-order valence-corrected chi connectivity index (χ0v) is 14.6. The van der Waals surface area contributed by atoms with Gasteiger partial charge in [-0.2, -0.15) is 0 Å². The van der Waals surface area contributed by atoms with E-state index in [1.165, 1.54) is 5.56 Å². The van der Waals surface area contributed by atoms with Gasteiger partial charge in [-0.15, -0.1) is 0 Å². The summed E-state index contributed by atoms with van der Waals surface area (Å²) in [7, 11) is 0. The van der Waals surface area contributed by atoms with Gasteiger partial charge in [-0.05, 0) is 41.3 Å². The van der Waals surface area contributed by atoms with Crippen molar-refractivity contribution < 1.29 is 9.59 Å². The molecule has 0 saturated heterocycles. The lowest BCUT2D eigenvalue weighted by molar-refractivity contribution is -0.120. The summed E-state index contributed by atoms with van der Waals surface area (Å²) < 4.78 is 0. The maximum Gasteiger partial charge on any atom is 0.251 e. The minimum atomic E-state index is -0.241. The van der Waals surface area contributed by atoms with E-state index in [0.29, 0.717) is 12.1 Å². The third kappa shape index (κ3) is 4.93. The van der Waals surface area contributed by atoms with Crippen molar-refractivity contribution in [3.05, 3.63) is 83.9 Å². The van der Waals surface area contributed by atoms with Crippen molar-refractivity contribution in [2.45, 2.75) is 12.8 Å². The molecule has 3 aromatic rings. The second kappa shape index (κ2) is 8.81. The zero-order chi connectivity index (χ0) is 18.2. The van der Waals surface area contributed by atoms with Crippen LogP contribution in [0.5, 0.6) is 0 Å². The standard InChI is InChI=1S/C22H22N2O2/c25-21(23-14-6-9-17-7-2-1-3-8-17)16-24-22(26)20-13-12-18-10-4-5-11-19(18)15-20/h1-5,7-8,10-13,15H,6,9,14,16H2,(H,23,25)(H,24,26). The van der Waals surface area contributed by atoms with Gasteiger partial charge in [0.1, 0.15) is 0 Å². The molecular weight excluding hydrogens is 324 g/mol. The third-order valence-corrected chi connectivity index (χ3v) is 4.23. The van der Waals surface area contributed by atoms with Gasteiger partial charge in [0.25, 0.3) is 5.91 Å². The van der Waals surface area contributed by atoms with E-state index >= 15 is 0 Å². The number of fused-ring (bicyclic) bond motifs is 1. The van der Waals surface area contributed by atoms with Crippen molar-refractivity contribution in [2.24, 2.45) is 0 Å². The Kier molecular flexibility index (Phi) is 5.99. The average molecular weight is 346 g/mol. The Balaban J connectivity index is 1.41. The molecule has 0 aliphatic rings. The van der Waals surface area contributed by atoms with Gasteiger partial charge in [0.2, 0.25) is 5.91 Å². The molecule has 0 saturated carbocycles. The van der Waals surface area contributed by atoms with Crippen molar-refractivity contribution in [2.75, 3.05) is 13.1 Å². The normalized spacial score (nSPS) is 10.5. The van der Waals surface area contributed by atoms with Gasteiger partial charge < -0.3 is 10.6 Å². The summed E-state index contributed by atoms with van der Waals surface area (Å²) in [5, 5.41) is 7.60. The fourth-order valence-electron chi connectivity index (χ4n) is 2.82. The van der Waals surface area contributed by atoms with Crippen LogP contribution in [0.3, 0.4) is 0 Å². The Labute approximate surface area is 153 Å². The number of rotatable bonds is 7. The van der Waals surface area contributed by atoms with E-state index in [1.54, 1.807) is 6.07 Å². The van der Waals surface area contributed by atoms with Crippen LogP contribution in [-0.2, 0) is 11.2 Å². The first-order valence-electron chi connectivity index (χ1n) is 8.80. The summed E-state index contributed by atoms with van der Waals surface area (Å²) in [4.78, 5) is 24.1. The van der Waals surface area contributed by atoms with Crippen LogP contribution in [0.4, 0.5) is 0 Å². The van der Waals surface area contributed by atoms with E-state index in [1.807, 2.05) is 54.6 Å². The van der Waals surface area contributed by atoms with E-state index in [4.69, 9.17) is 0 Å². The van der Waals surface area contributed by atoms with E-state index in [-0.39, 0.29) is 18.4 Å². The number of carbonyl (C=O) groups excluding carboxylic acids is 2. The lowest BCUT2D eigenvalue weighted by atomic mass is 10.1. The Bertz CT molecular complexity index is 891. The molecule has 3 rings (SSSR count). The van der Waals surface area contributed by atoms with Crippen LogP contribution < -0.4 is 10.6 Å². The van der Waals surface area contributed by atoms with Gasteiger partial charge in [0.15, 0.2) is 0 Å². The number of benzene rings is 3. The molecule has 26 heavy (non-hydrogen) atoms. The molecule has 4 nitrogen and oxygen atoms in total. The maximum atomic E-state index is 12.2. The lowest BCUT2D eigenvalue weighted by Gasteiger charge is -2.08. The van der Waals surface area contributed by atoms with Gasteiger partial charge in [0, 0.05) is 12.1 Å². The first-order chi connectivity index (χ1) is 12.7. The highest BCUT2D eigenvalue weighted by Gasteiger charge is 2.08. The number of amides is 2. The summed E-state index contributed by atoms with van der Waals surface area (Å²) in [6, 6.07) is 23.5. The van der Waals surface area contributed by atoms with Crippen LogP contribution in [0.15, 0.2) is 72.8 Å². The number of nitrogens with one attached hydrogen (secondary N) is 2. The average Bonchev–Trinajstić information content (AvgIpc) is 2.70. The molecule has 0 fully saturated rings. The molecule has 0 aliphatic carbocycles. The number of hydrogen-bond donors (Lipinski definition) is 2. The van der Waals surface area contributed by atoms with Crippen LogP contribution in [0, 0.1) is 0 Å². The molecule has 4 heteroatoms. The van der Waals surface area contributed by atoms with Crippen molar-refractivity contribution in [3.8, 4) is 0 Å². The predicted octanol–water partition coefficient (Wildman–Crippen LogP) is 3.32. The molecule has 0 atom stereocenters. The molecule has 0 unspecified atom stereocenters. The number of carbonyl (C=O) groups is 2. The lowest BCUT2D eigenvalue weighted by Crippen LogP contribution is -2.37. The Morgan fingerprint density at radius 3 is 2.31 bits per heavy atom. The smallest absolute Gasteiger partial charge is 0.251 e. The van der Waals surface area contributed by atoms with Gasteiger partial charge in [-0.1, -0.05) is 60.7 Å². The Morgan fingerprint density at radius 1 is 0.769 bits per heavy atom.